The second-order valence-electron chi connectivity index (χ2n) is 6.84. The van der Waals surface area contributed by atoms with Crippen molar-refractivity contribution in [1.82, 2.24) is 0 Å². The first-order valence-corrected chi connectivity index (χ1v) is 11.7. The summed E-state index contributed by atoms with van der Waals surface area (Å²) >= 11 is 6.09. The van der Waals surface area contributed by atoms with Crippen molar-refractivity contribution >= 4 is 38.9 Å². The molecule has 1 N–H and O–H groups in total. The van der Waals surface area contributed by atoms with Gasteiger partial charge in [-0.25, -0.2) is 8.42 Å². The quantitative estimate of drug-likeness (QED) is 0.418. The van der Waals surface area contributed by atoms with Gasteiger partial charge in [0.15, 0.2) is 0 Å². The fourth-order valence-corrected chi connectivity index (χ4v) is 4.54. The lowest BCUT2D eigenvalue weighted by atomic mass is 10.3. The third-order valence-corrected chi connectivity index (χ3v) is 6.56. The molecule has 0 fully saturated rings. The Labute approximate surface area is 198 Å². The number of hydrogen-bond acceptors (Lipinski definition) is 5. The van der Waals surface area contributed by atoms with Crippen molar-refractivity contribution in [1.29, 1.82) is 0 Å². The first-order chi connectivity index (χ1) is 15.8. The number of anilines is 2. The second-order valence-corrected chi connectivity index (χ2v) is 9.14. The Balaban J connectivity index is 1.85. The van der Waals surface area contributed by atoms with E-state index < -0.39 is 22.5 Å². The number of halogens is 1. The highest BCUT2D eigenvalue weighted by Crippen LogP contribution is 2.27. The number of nitrogens with zero attached hydrogens (tertiary/aromatic N) is 1. The van der Waals surface area contributed by atoms with Gasteiger partial charge < -0.3 is 14.8 Å². The normalized spacial score (nSPS) is 10.8. The monoisotopic (exact) mass is 486 g/mol. The first kappa shape index (κ1) is 24.2. The summed E-state index contributed by atoms with van der Waals surface area (Å²) in [6, 6.07) is 19.0. The summed E-state index contributed by atoms with van der Waals surface area (Å²) in [5.41, 5.74) is 0.764. The molecule has 0 heterocycles. The summed E-state index contributed by atoms with van der Waals surface area (Å²) in [4.78, 5) is 12.8. The number of nitrogens with one attached hydrogen (secondary N) is 1. The van der Waals surface area contributed by atoms with E-state index in [0.717, 1.165) is 4.31 Å². The molecule has 3 aromatic rings. The number of carbonyl (C=O) groups is 1. The molecule has 0 radical (unpaired) electrons. The zero-order valence-corrected chi connectivity index (χ0v) is 19.5. The Bertz CT molecular complexity index is 1210. The lowest BCUT2D eigenvalue weighted by Gasteiger charge is -2.24. The largest absolute Gasteiger partial charge is 0.497 e. The van der Waals surface area contributed by atoms with E-state index in [1.165, 1.54) is 25.3 Å². The molecule has 3 rings (SSSR count). The summed E-state index contributed by atoms with van der Waals surface area (Å²) in [6.45, 7) is 3.50. The van der Waals surface area contributed by atoms with Crippen molar-refractivity contribution in [3.63, 3.8) is 0 Å². The Kier molecular flexibility index (Phi) is 7.97. The zero-order valence-electron chi connectivity index (χ0n) is 17.9. The molecule has 9 heteroatoms. The number of benzene rings is 3. The minimum atomic E-state index is -4.07. The van der Waals surface area contributed by atoms with Crippen molar-refractivity contribution in [2.45, 2.75) is 4.90 Å². The molecule has 3 aromatic carbocycles. The molecule has 1 amide bonds. The van der Waals surface area contributed by atoms with E-state index in [-0.39, 0.29) is 10.6 Å². The molecule has 172 valence electrons. The van der Waals surface area contributed by atoms with Gasteiger partial charge in [-0.1, -0.05) is 30.3 Å². The van der Waals surface area contributed by atoms with Gasteiger partial charge in [-0.15, -0.1) is 0 Å². The summed E-state index contributed by atoms with van der Waals surface area (Å²) in [5, 5.41) is 3.05. The van der Waals surface area contributed by atoms with Gasteiger partial charge >= 0.3 is 0 Å². The molecule has 0 saturated heterocycles. The van der Waals surface area contributed by atoms with E-state index in [0.29, 0.717) is 28.8 Å². The van der Waals surface area contributed by atoms with Gasteiger partial charge in [0.05, 0.1) is 17.7 Å². The second kappa shape index (κ2) is 10.9. The smallest absolute Gasteiger partial charge is 0.264 e. The van der Waals surface area contributed by atoms with Gasteiger partial charge in [0, 0.05) is 10.7 Å². The minimum absolute atomic E-state index is 0.0137. The van der Waals surface area contributed by atoms with Gasteiger partial charge in [0.25, 0.3) is 10.0 Å². The van der Waals surface area contributed by atoms with E-state index >= 15 is 0 Å². The standard InChI is InChI=1S/C24H23ClN2O5S/c1-3-15-32-22-9-7-19(8-10-22)26-24(28)17-27(20-6-4-5-18(25)16-20)33(29,30)23-13-11-21(31-2)12-14-23/h3-14,16H,1,15,17H2,2H3,(H,26,28). The van der Waals surface area contributed by atoms with Crippen LogP contribution in [-0.2, 0) is 14.8 Å². The van der Waals surface area contributed by atoms with Crippen molar-refractivity contribution in [2.75, 3.05) is 29.9 Å². The maximum Gasteiger partial charge on any atom is 0.264 e. The molecule has 0 atom stereocenters. The number of amides is 1. The van der Waals surface area contributed by atoms with Crippen LogP contribution in [0.25, 0.3) is 0 Å². The van der Waals surface area contributed by atoms with Gasteiger partial charge in [0.1, 0.15) is 24.7 Å². The molecule has 33 heavy (non-hydrogen) atoms. The molecule has 7 nitrogen and oxygen atoms in total. The van der Waals surface area contributed by atoms with E-state index in [1.807, 2.05) is 0 Å². The number of ether oxygens (including phenoxy) is 2. The number of carbonyl (C=O) groups excluding carboxylic acids is 1. The molecular formula is C24H23ClN2O5S. The maximum atomic E-state index is 13.4. The SMILES string of the molecule is C=CCOc1ccc(NC(=O)CN(c2cccc(Cl)c2)S(=O)(=O)c2ccc(OC)cc2)cc1. The maximum absolute atomic E-state index is 13.4. The van der Waals surface area contributed by atoms with Gasteiger partial charge in [0.2, 0.25) is 5.91 Å². The summed E-state index contributed by atoms with van der Waals surface area (Å²) in [6.07, 6.45) is 1.63. The average molecular weight is 487 g/mol. The van der Waals surface area contributed by atoms with Gasteiger partial charge in [-0.05, 0) is 66.7 Å². The lowest BCUT2D eigenvalue weighted by molar-refractivity contribution is -0.114. The molecule has 0 spiro atoms. The summed E-state index contributed by atoms with van der Waals surface area (Å²) in [5.74, 6) is 0.615. The molecule has 0 aliphatic rings. The highest BCUT2D eigenvalue weighted by atomic mass is 35.5. The molecule has 0 aromatic heterocycles. The van der Waals surface area contributed by atoms with Crippen molar-refractivity contribution in [2.24, 2.45) is 0 Å². The van der Waals surface area contributed by atoms with E-state index in [1.54, 1.807) is 60.7 Å². The Morgan fingerprint density at radius 1 is 1.06 bits per heavy atom. The predicted octanol–water partition coefficient (Wildman–Crippen LogP) is 4.75. The molecular weight excluding hydrogens is 464 g/mol. The zero-order chi connectivity index (χ0) is 23.8. The van der Waals surface area contributed by atoms with Crippen molar-refractivity contribution < 1.29 is 22.7 Å². The molecule has 0 saturated carbocycles. The van der Waals surface area contributed by atoms with Crippen LogP contribution in [0.4, 0.5) is 11.4 Å². The summed E-state index contributed by atoms with van der Waals surface area (Å²) < 4.78 is 38.4. The topological polar surface area (TPSA) is 84.9 Å². The van der Waals surface area contributed by atoms with Crippen LogP contribution in [0.3, 0.4) is 0 Å². The van der Waals surface area contributed by atoms with E-state index in [2.05, 4.69) is 11.9 Å². The van der Waals surface area contributed by atoms with Crippen LogP contribution >= 0.6 is 11.6 Å². The molecule has 0 bridgehead atoms. The highest BCUT2D eigenvalue weighted by molar-refractivity contribution is 7.92. The van der Waals surface area contributed by atoms with Crippen molar-refractivity contribution in [3.8, 4) is 11.5 Å². The lowest BCUT2D eigenvalue weighted by Crippen LogP contribution is -2.38. The fourth-order valence-electron chi connectivity index (χ4n) is 2.94. The van der Waals surface area contributed by atoms with Crippen LogP contribution in [0.2, 0.25) is 5.02 Å². The summed E-state index contributed by atoms with van der Waals surface area (Å²) in [7, 11) is -2.58. The predicted molar refractivity (Wildman–Crippen MR) is 130 cm³/mol. The molecule has 0 aliphatic carbocycles. The highest BCUT2D eigenvalue weighted by Gasteiger charge is 2.27. The fraction of sp³-hybridized carbons (Fsp3) is 0.125. The van der Waals surface area contributed by atoms with Crippen LogP contribution in [0, 0.1) is 0 Å². The van der Waals surface area contributed by atoms with E-state index in [9.17, 15) is 13.2 Å². The third-order valence-electron chi connectivity index (χ3n) is 4.54. The Morgan fingerprint density at radius 3 is 2.33 bits per heavy atom. The van der Waals surface area contributed by atoms with Gasteiger partial charge in [-0.2, -0.15) is 0 Å². The Morgan fingerprint density at radius 2 is 1.73 bits per heavy atom. The number of hydrogen-bond donors (Lipinski definition) is 1. The average Bonchev–Trinajstić information content (AvgIpc) is 2.82. The number of sulfonamides is 1. The number of methoxy groups -OCH3 is 1. The molecule has 0 aliphatic heterocycles. The van der Waals surface area contributed by atoms with Gasteiger partial charge in [-0.3, -0.25) is 9.10 Å². The van der Waals surface area contributed by atoms with Crippen LogP contribution in [0.1, 0.15) is 0 Å². The van der Waals surface area contributed by atoms with Crippen LogP contribution < -0.4 is 19.1 Å². The van der Waals surface area contributed by atoms with Crippen LogP contribution in [0.15, 0.2) is 90.3 Å². The number of rotatable bonds is 10. The molecule has 0 unspecified atom stereocenters. The third kappa shape index (κ3) is 6.27. The van der Waals surface area contributed by atoms with Crippen molar-refractivity contribution in [3.05, 3.63) is 90.5 Å². The van der Waals surface area contributed by atoms with E-state index in [4.69, 9.17) is 21.1 Å². The minimum Gasteiger partial charge on any atom is -0.497 e. The first-order valence-electron chi connectivity index (χ1n) is 9.89. The Hall–Kier alpha value is -3.49. The van der Waals surface area contributed by atoms with Crippen LogP contribution in [-0.4, -0.2) is 34.6 Å². The van der Waals surface area contributed by atoms with Crippen LogP contribution in [0.5, 0.6) is 11.5 Å².